The molecule has 0 unspecified atom stereocenters. The first kappa shape index (κ1) is 24.0. The second-order valence-corrected chi connectivity index (χ2v) is 10.0. The van der Waals surface area contributed by atoms with Gasteiger partial charge in [0.2, 0.25) is 5.91 Å². The molecule has 6 heteroatoms. The fourth-order valence-corrected chi connectivity index (χ4v) is 5.73. The highest BCUT2D eigenvalue weighted by molar-refractivity contribution is 5.87. The van der Waals surface area contributed by atoms with E-state index in [0.29, 0.717) is 5.91 Å². The number of unbranched alkanes of at least 4 members (excludes halogenated alkanes) is 4. The van der Waals surface area contributed by atoms with E-state index in [2.05, 4.69) is 9.47 Å². The van der Waals surface area contributed by atoms with Gasteiger partial charge in [0.15, 0.2) is 0 Å². The molecule has 3 heterocycles. The molecule has 0 spiro atoms. The minimum atomic E-state index is -0.253. The number of carbonyl (C=O) groups excluding carboxylic acids is 1. The molecule has 1 amide bonds. The van der Waals surface area contributed by atoms with E-state index in [1.54, 1.807) is 18.2 Å². The smallest absolute Gasteiger partial charge is 0.222 e. The minimum Gasteiger partial charge on any atom is -0.343 e. The van der Waals surface area contributed by atoms with E-state index in [-0.39, 0.29) is 11.6 Å². The summed E-state index contributed by atoms with van der Waals surface area (Å²) in [6.07, 6.45) is 9.67. The molecule has 5 rings (SSSR count). The average molecular weight is 480 g/mol. The number of rotatable bonds is 9. The van der Waals surface area contributed by atoms with Gasteiger partial charge >= 0.3 is 0 Å². The van der Waals surface area contributed by atoms with Crippen LogP contribution in [0.2, 0.25) is 0 Å². The first-order chi connectivity index (χ1) is 17.1. The number of aromatic nitrogens is 1. The van der Waals surface area contributed by atoms with E-state index in [9.17, 15) is 13.6 Å². The predicted octanol–water partition coefficient (Wildman–Crippen LogP) is 6.23. The molecular weight excluding hydrogens is 444 g/mol. The molecule has 3 aromatic rings. The topological polar surface area (TPSA) is 28.5 Å². The highest BCUT2D eigenvalue weighted by Crippen LogP contribution is 2.34. The number of halogens is 2. The molecule has 0 saturated carbocycles. The molecule has 0 radical (unpaired) electrons. The van der Waals surface area contributed by atoms with Crippen LogP contribution in [0.15, 0.2) is 42.5 Å². The molecule has 2 aromatic carbocycles. The second-order valence-electron chi connectivity index (χ2n) is 10.0. The lowest BCUT2D eigenvalue weighted by Gasteiger charge is -2.28. The van der Waals surface area contributed by atoms with Crippen molar-refractivity contribution in [1.29, 1.82) is 0 Å². The summed E-state index contributed by atoms with van der Waals surface area (Å²) in [6, 6.07) is 11.6. The molecule has 0 bridgehead atoms. The van der Waals surface area contributed by atoms with Gasteiger partial charge < -0.3 is 9.47 Å². The maximum Gasteiger partial charge on any atom is 0.222 e. The highest BCUT2D eigenvalue weighted by Gasteiger charge is 2.25. The maximum atomic E-state index is 14.2. The Kier molecular flexibility index (Phi) is 7.47. The van der Waals surface area contributed by atoms with E-state index in [0.717, 1.165) is 87.8 Å². The summed E-state index contributed by atoms with van der Waals surface area (Å²) in [4.78, 5) is 16.4. The Hall–Kier alpha value is -2.73. The van der Waals surface area contributed by atoms with E-state index in [4.69, 9.17) is 0 Å². The normalized spacial score (nSPS) is 16.7. The summed E-state index contributed by atoms with van der Waals surface area (Å²) < 4.78 is 29.9. The molecule has 2 aliphatic rings. The van der Waals surface area contributed by atoms with Gasteiger partial charge in [-0.25, -0.2) is 8.78 Å². The lowest BCUT2D eigenvalue weighted by molar-refractivity contribution is -0.133. The van der Waals surface area contributed by atoms with Crippen LogP contribution in [0.4, 0.5) is 8.78 Å². The van der Waals surface area contributed by atoms with Gasteiger partial charge in [-0.05, 0) is 80.3 Å². The maximum absolute atomic E-state index is 14.2. The number of hydrogen-bond donors (Lipinski definition) is 0. The molecule has 1 aromatic heterocycles. The molecular formula is C29H35F2N3O. The van der Waals surface area contributed by atoms with Crippen LogP contribution in [0, 0.1) is 11.6 Å². The summed E-state index contributed by atoms with van der Waals surface area (Å²) in [5.74, 6) is -0.141. The minimum absolute atomic E-state index is 0.222. The Morgan fingerprint density at radius 1 is 0.771 bits per heavy atom. The van der Waals surface area contributed by atoms with E-state index < -0.39 is 0 Å². The van der Waals surface area contributed by atoms with E-state index in [1.807, 2.05) is 11.0 Å². The van der Waals surface area contributed by atoms with Crippen molar-refractivity contribution in [2.45, 2.75) is 64.3 Å². The molecule has 1 saturated heterocycles. The monoisotopic (exact) mass is 479 g/mol. The Balaban J connectivity index is 1.16. The van der Waals surface area contributed by atoms with Crippen molar-refractivity contribution in [3.05, 3.63) is 65.4 Å². The quantitative estimate of drug-likeness (QED) is 0.341. The number of piperidine rings is 1. The van der Waals surface area contributed by atoms with Crippen LogP contribution < -0.4 is 0 Å². The molecule has 35 heavy (non-hydrogen) atoms. The van der Waals surface area contributed by atoms with Crippen LogP contribution in [0.3, 0.4) is 0 Å². The van der Waals surface area contributed by atoms with Gasteiger partial charge in [0.25, 0.3) is 0 Å². The van der Waals surface area contributed by atoms with Crippen LogP contribution >= 0.6 is 0 Å². The van der Waals surface area contributed by atoms with Gasteiger partial charge in [-0.1, -0.05) is 19.3 Å². The summed E-state index contributed by atoms with van der Waals surface area (Å²) in [7, 11) is 0. The summed E-state index contributed by atoms with van der Waals surface area (Å²) in [5.41, 5.74) is 4.31. The van der Waals surface area contributed by atoms with E-state index in [1.165, 1.54) is 48.7 Å². The summed E-state index contributed by atoms with van der Waals surface area (Å²) in [6.45, 7) is 4.70. The highest BCUT2D eigenvalue weighted by atomic mass is 19.1. The van der Waals surface area contributed by atoms with Gasteiger partial charge in [0.1, 0.15) is 11.6 Å². The van der Waals surface area contributed by atoms with Crippen molar-refractivity contribution < 1.29 is 13.6 Å². The molecule has 186 valence electrons. The number of benzene rings is 2. The second kappa shape index (κ2) is 10.9. The first-order valence-corrected chi connectivity index (χ1v) is 13.2. The molecule has 0 aliphatic carbocycles. The van der Waals surface area contributed by atoms with Gasteiger partial charge in [-0.15, -0.1) is 0 Å². The zero-order chi connectivity index (χ0) is 24.2. The molecule has 0 N–H and O–H groups in total. The molecule has 1 fully saturated rings. The third-order valence-electron chi connectivity index (χ3n) is 7.60. The van der Waals surface area contributed by atoms with Crippen molar-refractivity contribution in [2.75, 3.05) is 26.2 Å². The largest absolute Gasteiger partial charge is 0.343 e. The number of hydrogen-bond acceptors (Lipinski definition) is 2. The van der Waals surface area contributed by atoms with Crippen molar-refractivity contribution in [3.63, 3.8) is 0 Å². The Morgan fingerprint density at radius 3 is 2.31 bits per heavy atom. The van der Waals surface area contributed by atoms with Crippen LogP contribution in [-0.4, -0.2) is 46.5 Å². The average Bonchev–Trinajstić information content (AvgIpc) is 3.18. The van der Waals surface area contributed by atoms with Gasteiger partial charge in [-0.3, -0.25) is 9.69 Å². The number of amides is 1. The van der Waals surface area contributed by atoms with Crippen molar-refractivity contribution in [3.8, 4) is 5.69 Å². The molecule has 0 atom stereocenters. The van der Waals surface area contributed by atoms with Crippen molar-refractivity contribution in [2.24, 2.45) is 0 Å². The van der Waals surface area contributed by atoms with Gasteiger partial charge in [0.05, 0.1) is 5.52 Å². The predicted molar refractivity (Wildman–Crippen MR) is 136 cm³/mol. The zero-order valence-electron chi connectivity index (χ0n) is 20.4. The zero-order valence-corrected chi connectivity index (χ0v) is 20.4. The molecule has 4 nitrogen and oxygen atoms in total. The first-order valence-electron chi connectivity index (χ1n) is 13.2. The van der Waals surface area contributed by atoms with E-state index >= 15 is 0 Å². The van der Waals surface area contributed by atoms with Gasteiger partial charge in [-0.2, -0.15) is 0 Å². The summed E-state index contributed by atoms with van der Waals surface area (Å²) in [5, 5.41) is 0.960. The third kappa shape index (κ3) is 5.43. The lowest BCUT2D eigenvalue weighted by Crippen LogP contribution is -2.35. The molecule has 2 aliphatic heterocycles. The SMILES string of the molecule is O=C1CCCCN1CCCCCCCN1CCc2c(c3cc(F)ccc3n2-c2ccc(F)cc2)C1. The summed E-state index contributed by atoms with van der Waals surface area (Å²) >= 11 is 0. The van der Waals surface area contributed by atoms with Crippen molar-refractivity contribution in [1.82, 2.24) is 14.4 Å². The third-order valence-corrected chi connectivity index (χ3v) is 7.60. The number of carbonyl (C=O) groups is 1. The van der Waals surface area contributed by atoms with Crippen molar-refractivity contribution >= 4 is 16.8 Å². The Morgan fingerprint density at radius 2 is 1.51 bits per heavy atom. The fraction of sp³-hybridized carbons (Fsp3) is 0.483. The Bertz CT molecular complexity index is 1170. The standard InChI is InChI=1S/C29H35F2N3O/c30-22-9-12-24(13-10-22)34-27-14-11-23(31)20-25(27)26-21-32(19-15-28(26)34)16-5-2-1-3-6-17-33-18-7-4-8-29(33)35/h9-14,20H,1-8,15-19,21H2. The van der Waals surface area contributed by atoms with Crippen LogP contribution in [-0.2, 0) is 17.8 Å². The number of likely N-dealkylation sites (tertiary alicyclic amines) is 1. The van der Waals surface area contributed by atoms with Crippen LogP contribution in [0.1, 0.15) is 62.6 Å². The van der Waals surface area contributed by atoms with Crippen LogP contribution in [0.5, 0.6) is 0 Å². The van der Waals surface area contributed by atoms with Gasteiger partial charge in [0, 0.05) is 55.8 Å². The Labute approximate surface area is 206 Å². The number of fused-ring (bicyclic) bond motifs is 3. The number of nitrogens with zero attached hydrogens (tertiary/aromatic N) is 3. The fourth-order valence-electron chi connectivity index (χ4n) is 5.73. The lowest BCUT2D eigenvalue weighted by atomic mass is 10.0. The van der Waals surface area contributed by atoms with Crippen LogP contribution in [0.25, 0.3) is 16.6 Å².